The van der Waals surface area contributed by atoms with Gasteiger partial charge in [0.05, 0.1) is 48.7 Å². The second-order valence-corrected chi connectivity index (χ2v) is 22.7. The van der Waals surface area contributed by atoms with Gasteiger partial charge in [-0.3, -0.25) is 48.2 Å². The lowest BCUT2D eigenvalue weighted by Crippen LogP contribution is -2.54. The molecule has 4 aliphatic rings. The summed E-state index contributed by atoms with van der Waals surface area (Å²) >= 11 is 0. The van der Waals surface area contributed by atoms with E-state index in [1.165, 1.54) is 22.1 Å². The van der Waals surface area contributed by atoms with Gasteiger partial charge in [-0.05, 0) is 86.1 Å². The molecule has 0 radical (unpaired) electrons. The quantitative estimate of drug-likeness (QED) is 0.0571. The number of rotatable bonds is 29. The predicted octanol–water partition coefficient (Wildman–Crippen LogP) is 8.19. The number of imide groups is 1. The molecule has 15 heteroatoms. The average Bonchev–Trinajstić information content (AvgIpc) is 3.74. The minimum atomic E-state index is -0.973. The second kappa shape index (κ2) is 26.8. The van der Waals surface area contributed by atoms with Crippen molar-refractivity contribution in [1.82, 2.24) is 24.7 Å². The molecule has 3 heterocycles. The van der Waals surface area contributed by atoms with Gasteiger partial charge in [0.15, 0.2) is 5.78 Å². The first-order valence-corrected chi connectivity index (χ1v) is 27.8. The van der Waals surface area contributed by atoms with Crippen LogP contribution in [0, 0.1) is 35.0 Å². The van der Waals surface area contributed by atoms with Gasteiger partial charge < -0.3 is 19.3 Å². The number of ether oxygens (including phenoxy) is 2. The van der Waals surface area contributed by atoms with Crippen molar-refractivity contribution in [3.63, 3.8) is 0 Å². The lowest BCUT2D eigenvalue weighted by atomic mass is 9.83. The molecule has 1 saturated carbocycles. The Kier molecular flexibility index (Phi) is 21.1. The highest BCUT2D eigenvalue weighted by Gasteiger charge is 2.63. The maximum Gasteiger partial charge on any atom is 0.253 e. The van der Waals surface area contributed by atoms with Crippen molar-refractivity contribution in [3.8, 4) is 0 Å². The summed E-state index contributed by atoms with van der Waals surface area (Å²) in [6.07, 6.45) is 7.36. The lowest BCUT2D eigenvalue weighted by molar-refractivity contribution is -0.207. The highest BCUT2D eigenvalue weighted by molar-refractivity contribution is 6.12. The summed E-state index contributed by atoms with van der Waals surface area (Å²) in [4.78, 5) is 110. The summed E-state index contributed by atoms with van der Waals surface area (Å²) in [6.45, 7) is 16.2. The number of fused-ring (bicyclic) bond motifs is 1. The normalized spacial score (nSPS) is 22.3. The zero-order valence-corrected chi connectivity index (χ0v) is 46.8. The zero-order valence-electron chi connectivity index (χ0n) is 46.8. The SMILES string of the molecule is CC[C@H](C)[C@@H]([C@@H](CC(=O)N1CCC[C@H]1[C@H](OC)[C@@H](C)C(=O)C[C@@]1(C(=O)N2Cc3ccccc3CO2)C[C@@H]1c1ccccc1)OC)N(C)C(=O)[C@@H](CC(=O)[C@H](C(C)C)N(C)CCCCCCN1C(=O)C=CC1=O)C(C)C. The number of nitrogens with zero attached hydrogens (tertiary/aromatic N) is 5. The topological polar surface area (TPSA) is 163 Å². The highest BCUT2D eigenvalue weighted by atomic mass is 16.7. The fourth-order valence-electron chi connectivity index (χ4n) is 12.4. The van der Waals surface area contributed by atoms with E-state index in [9.17, 15) is 33.6 Å². The molecule has 10 atom stereocenters. The molecule has 1 aliphatic carbocycles. The Balaban J connectivity index is 1.09. The number of hydroxylamine groups is 2. The summed E-state index contributed by atoms with van der Waals surface area (Å²) in [5, 5.41) is 1.45. The Hall–Kier alpha value is -5.09. The number of hydrogen-bond donors (Lipinski definition) is 0. The largest absolute Gasteiger partial charge is 0.379 e. The van der Waals surface area contributed by atoms with Crippen molar-refractivity contribution in [2.24, 2.45) is 35.0 Å². The molecule has 6 rings (SSSR count). The smallest absolute Gasteiger partial charge is 0.253 e. The van der Waals surface area contributed by atoms with Crippen LogP contribution < -0.4 is 0 Å². The molecular weight excluding hydrogens is 951 g/mol. The van der Waals surface area contributed by atoms with Gasteiger partial charge in [0.2, 0.25) is 11.8 Å². The van der Waals surface area contributed by atoms with Crippen LogP contribution in [-0.2, 0) is 61.0 Å². The average molecular weight is 1040 g/mol. The number of Topliss-reactive ketones (excluding diaryl/α,β-unsaturated/α-hetero) is 2. The maximum absolute atomic E-state index is 14.8. The van der Waals surface area contributed by atoms with Crippen molar-refractivity contribution >= 4 is 41.1 Å². The Morgan fingerprint density at radius 3 is 2.08 bits per heavy atom. The van der Waals surface area contributed by atoms with Gasteiger partial charge in [-0.1, -0.05) is 122 Å². The van der Waals surface area contributed by atoms with Gasteiger partial charge in [-0.25, -0.2) is 5.06 Å². The molecule has 2 aromatic carbocycles. The van der Waals surface area contributed by atoms with Crippen LogP contribution in [0.2, 0.25) is 0 Å². The summed E-state index contributed by atoms with van der Waals surface area (Å²) in [5.41, 5.74) is 2.10. The van der Waals surface area contributed by atoms with E-state index in [0.717, 1.165) is 55.2 Å². The van der Waals surface area contributed by atoms with Gasteiger partial charge >= 0.3 is 0 Å². The fourth-order valence-corrected chi connectivity index (χ4v) is 12.4. The summed E-state index contributed by atoms with van der Waals surface area (Å²) < 4.78 is 12.4. The molecule has 412 valence electrons. The fraction of sp³-hybridized carbons (Fsp3) is 0.650. The van der Waals surface area contributed by atoms with E-state index < -0.39 is 41.5 Å². The third kappa shape index (κ3) is 13.9. The van der Waals surface area contributed by atoms with E-state index >= 15 is 0 Å². The molecule has 0 unspecified atom stereocenters. The van der Waals surface area contributed by atoms with E-state index in [-0.39, 0.29) is 96.7 Å². The second-order valence-electron chi connectivity index (χ2n) is 22.7. The molecule has 2 aromatic rings. The molecular formula is C60H87N5O10. The van der Waals surface area contributed by atoms with Crippen molar-refractivity contribution in [2.75, 3.05) is 47.9 Å². The third-order valence-corrected chi connectivity index (χ3v) is 17.1. The van der Waals surface area contributed by atoms with E-state index in [0.29, 0.717) is 39.0 Å². The van der Waals surface area contributed by atoms with Crippen molar-refractivity contribution < 1.29 is 47.9 Å². The molecule has 3 aliphatic heterocycles. The summed E-state index contributed by atoms with van der Waals surface area (Å²) in [5.74, 6) is -2.65. The van der Waals surface area contributed by atoms with Crippen molar-refractivity contribution in [3.05, 3.63) is 83.4 Å². The van der Waals surface area contributed by atoms with E-state index in [1.54, 1.807) is 26.2 Å². The van der Waals surface area contributed by atoms with Crippen molar-refractivity contribution in [2.45, 2.75) is 168 Å². The van der Waals surface area contributed by atoms with Crippen LogP contribution in [0.5, 0.6) is 0 Å². The lowest BCUT2D eigenvalue weighted by Gasteiger charge is -2.41. The number of carbonyl (C=O) groups is 7. The minimum Gasteiger partial charge on any atom is -0.379 e. The van der Waals surface area contributed by atoms with Gasteiger partial charge in [0, 0.05) is 71.2 Å². The number of benzene rings is 2. The Bertz CT molecular complexity index is 2320. The first kappa shape index (κ1) is 59.2. The Morgan fingerprint density at radius 2 is 1.45 bits per heavy atom. The third-order valence-electron chi connectivity index (χ3n) is 17.1. The molecule has 15 nitrogen and oxygen atoms in total. The molecule has 0 N–H and O–H groups in total. The van der Waals surface area contributed by atoms with E-state index in [2.05, 4.69) is 18.7 Å². The van der Waals surface area contributed by atoms with Crippen LogP contribution in [-0.4, -0.2) is 144 Å². The summed E-state index contributed by atoms with van der Waals surface area (Å²) in [7, 11) is 6.90. The maximum atomic E-state index is 14.8. The number of ketones is 2. The number of hydrogen-bond acceptors (Lipinski definition) is 11. The first-order chi connectivity index (χ1) is 35.8. The van der Waals surface area contributed by atoms with E-state index in [1.807, 2.05) is 101 Å². The van der Waals surface area contributed by atoms with Gasteiger partial charge in [-0.15, -0.1) is 0 Å². The zero-order chi connectivity index (χ0) is 54.7. The van der Waals surface area contributed by atoms with Crippen molar-refractivity contribution in [1.29, 1.82) is 0 Å². The van der Waals surface area contributed by atoms with Crippen LogP contribution >= 0.6 is 0 Å². The molecule has 0 bridgehead atoms. The monoisotopic (exact) mass is 1040 g/mol. The number of carbonyl (C=O) groups excluding carboxylic acids is 7. The van der Waals surface area contributed by atoms with Crippen LogP contribution in [0.1, 0.15) is 142 Å². The predicted molar refractivity (Wildman–Crippen MR) is 287 cm³/mol. The molecule has 0 aromatic heterocycles. The van der Waals surface area contributed by atoms with Gasteiger partial charge in [0.1, 0.15) is 12.4 Å². The number of unbranched alkanes of at least 4 members (excludes halogenated alkanes) is 3. The van der Waals surface area contributed by atoms with Gasteiger partial charge in [-0.2, -0.15) is 0 Å². The molecule has 1 saturated heterocycles. The van der Waals surface area contributed by atoms with Gasteiger partial charge in [0.25, 0.3) is 17.7 Å². The number of likely N-dealkylation sites (N-methyl/N-ethyl adjacent to an activating group) is 2. The first-order valence-electron chi connectivity index (χ1n) is 27.8. The van der Waals surface area contributed by atoms with Crippen LogP contribution in [0.25, 0.3) is 0 Å². The summed E-state index contributed by atoms with van der Waals surface area (Å²) in [6, 6.07) is 16.6. The van der Waals surface area contributed by atoms with Crippen LogP contribution in [0.4, 0.5) is 0 Å². The molecule has 2 fully saturated rings. The van der Waals surface area contributed by atoms with Crippen LogP contribution in [0.3, 0.4) is 0 Å². The molecule has 5 amide bonds. The molecule has 75 heavy (non-hydrogen) atoms. The number of likely N-dealkylation sites (tertiary alicyclic amines) is 1. The molecule has 0 spiro atoms. The highest BCUT2D eigenvalue weighted by Crippen LogP contribution is 2.63. The van der Waals surface area contributed by atoms with E-state index in [4.69, 9.17) is 14.3 Å². The number of methoxy groups -OCH3 is 2. The van der Waals surface area contributed by atoms with Crippen LogP contribution in [0.15, 0.2) is 66.7 Å². The standard InChI is InChI=1S/C60H87N5O10/c1-12-41(6)56(62(9)58(71)46(39(2)3)33-49(66)55(40(4)5)61(8)30-20-13-14-21-31-64-52(68)28-29-53(64)69)51(73-10)34-54(70)63-32-22-27-48(63)57(74-11)42(7)50(67)36-60(35-47(60)43-23-16-15-17-24-43)59(72)65-37-44-25-18-19-26-45(44)38-75-65/h15-19,23-26,28-29,39-42,46-48,51,55-57H,12-14,20-22,27,30-38H2,1-11H3/t41-,42-,46-,47+,48-,51+,55-,56-,57+,60-/m0/s1. The Morgan fingerprint density at radius 1 is 0.800 bits per heavy atom. The minimum absolute atomic E-state index is 0.00489. The number of amides is 5. The Labute approximate surface area is 447 Å².